The maximum absolute atomic E-state index is 12.9. The molecule has 1 aliphatic rings. The van der Waals surface area contributed by atoms with Crippen LogP contribution >= 0.6 is 11.3 Å². The summed E-state index contributed by atoms with van der Waals surface area (Å²) in [5, 5.41) is 11.4. The minimum absolute atomic E-state index is 0.0522. The molecule has 0 aliphatic heterocycles. The Balaban J connectivity index is 1.51. The molecular weight excluding hydrogens is 515 g/mol. The molecule has 3 aromatic rings. The number of allylic oxidation sites excluding steroid dienone is 1. The molecule has 200 valence electrons. The number of hydrogen-bond acceptors (Lipinski definition) is 4. The number of benzene rings is 2. The Morgan fingerprint density at radius 1 is 0.947 bits per heavy atom. The van der Waals surface area contributed by atoms with Crippen LogP contribution in [0.15, 0.2) is 72.3 Å². The molecule has 1 unspecified atom stereocenters. The third-order valence-electron chi connectivity index (χ3n) is 6.30. The number of carbonyl (C=O) groups excluding carboxylic acids is 1. The van der Waals surface area contributed by atoms with Crippen LogP contribution in [0, 0.1) is 0 Å². The Morgan fingerprint density at radius 3 is 2.18 bits per heavy atom. The molecule has 1 amide bonds. The number of amides is 1. The third kappa shape index (κ3) is 7.47. The first-order valence-electron chi connectivity index (χ1n) is 12.4. The highest BCUT2D eigenvalue weighted by molar-refractivity contribution is 7.14. The van der Waals surface area contributed by atoms with Gasteiger partial charge in [0.2, 0.25) is 0 Å². The summed E-state index contributed by atoms with van der Waals surface area (Å²) in [6, 6.07) is 15.8. The van der Waals surface area contributed by atoms with Crippen molar-refractivity contribution in [3.8, 4) is 16.9 Å². The van der Waals surface area contributed by atoms with Gasteiger partial charge in [0.15, 0.2) is 6.10 Å². The molecule has 1 saturated carbocycles. The van der Waals surface area contributed by atoms with Gasteiger partial charge >= 0.3 is 12.1 Å². The van der Waals surface area contributed by atoms with E-state index in [1.165, 1.54) is 35.5 Å². The van der Waals surface area contributed by atoms with Gasteiger partial charge in [-0.05, 0) is 79.3 Å². The quantitative estimate of drug-likeness (QED) is 0.272. The number of hydrogen-bond donors (Lipinski definition) is 2. The summed E-state index contributed by atoms with van der Waals surface area (Å²) < 4.78 is 44.9. The van der Waals surface area contributed by atoms with E-state index in [0.29, 0.717) is 16.2 Å². The van der Waals surface area contributed by atoms with Crippen molar-refractivity contribution in [1.29, 1.82) is 0 Å². The Kier molecular flexibility index (Phi) is 8.89. The Bertz CT molecular complexity index is 1270. The monoisotopic (exact) mass is 543 g/mol. The fourth-order valence-electron chi connectivity index (χ4n) is 4.28. The number of alkyl halides is 3. The van der Waals surface area contributed by atoms with Crippen LogP contribution in [0.3, 0.4) is 0 Å². The van der Waals surface area contributed by atoms with Crippen LogP contribution in [0.2, 0.25) is 0 Å². The number of carboxylic acids is 1. The standard InChI is InChI=1S/C29H28F3NO4S/c30-29(31,32)22-10-6-20(7-11-22)21-8-12-23(13-9-21)37-24(18-19-4-2-1-3-5-19)25-14-15-26(38-25)28(36)33-17-16-27(34)35/h6-15,18,24H,1-5,16-17H2,(H,33,36)(H,34,35). The van der Waals surface area contributed by atoms with Gasteiger partial charge in [-0.3, -0.25) is 9.59 Å². The fourth-order valence-corrected chi connectivity index (χ4v) is 5.21. The molecule has 1 atom stereocenters. The van der Waals surface area contributed by atoms with E-state index in [4.69, 9.17) is 9.84 Å². The molecule has 0 spiro atoms. The average Bonchev–Trinajstić information content (AvgIpc) is 3.39. The van der Waals surface area contributed by atoms with Crippen molar-refractivity contribution in [2.24, 2.45) is 0 Å². The van der Waals surface area contributed by atoms with Crippen LogP contribution in [0.25, 0.3) is 11.1 Å². The van der Waals surface area contributed by atoms with Crippen molar-refractivity contribution >= 4 is 23.2 Å². The molecule has 1 heterocycles. The van der Waals surface area contributed by atoms with Crippen molar-refractivity contribution in [3.63, 3.8) is 0 Å². The van der Waals surface area contributed by atoms with Crippen LogP contribution in [0.4, 0.5) is 13.2 Å². The lowest BCUT2D eigenvalue weighted by Gasteiger charge is -2.19. The topological polar surface area (TPSA) is 75.6 Å². The molecule has 2 aromatic carbocycles. The summed E-state index contributed by atoms with van der Waals surface area (Å²) in [4.78, 5) is 24.5. The van der Waals surface area contributed by atoms with Crippen LogP contribution in [0.5, 0.6) is 5.75 Å². The number of thiophene rings is 1. The molecule has 9 heteroatoms. The van der Waals surface area contributed by atoms with Crippen molar-refractivity contribution < 1.29 is 32.6 Å². The molecule has 4 rings (SSSR count). The number of ether oxygens (including phenoxy) is 1. The molecule has 2 N–H and O–H groups in total. The number of rotatable bonds is 9. The zero-order valence-electron chi connectivity index (χ0n) is 20.6. The van der Waals surface area contributed by atoms with Crippen molar-refractivity contribution in [2.45, 2.75) is 50.8 Å². The number of nitrogens with one attached hydrogen (secondary N) is 1. The Labute approximate surface area is 223 Å². The predicted molar refractivity (Wildman–Crippen MR) is 140 cm³/mol. The SMILES string of the molecule is O=C(O)CCNC(=O)c1ccc(C(C=C2CCCCC2)Oc2ccc(-c3ccc(C(F)(F)F)cc3)cc2)s1. The number of carbonyl (C=O) groups is 2. The van der Waals surface area contributed by atoms with Gasteiger partial charge < -0.3 is 15.2 Å². The lowest BCUT2D eigenvalue weighted by Crippen LogP contribution is -2.25. The largest absolute Gasteiger partial charge is 0.481 e. The molecule has 1 fully saturated rings. The van der Waals surface area contributed by atoms with Gasteiger partial charge in [-0.1, -0.05) is 36.3 Å². The minimum Gasteiger partial charge on any atom is -0.481 e. The van der Waals surface area contributed by atoms with Gasteiger partial charge in [-0.25, -0.2) is 0 Å². The first-order chi connectivity index (χ1) is 18.2. The predicted octanol–water partition coefficient (Wildman–Crippen LogP) is 7.65. The van der Waals surface area contributed by atoms with Crippen LogP contribution in [-0.2, 0) is 11.0 Å². The summed E-state index contributed by atoms with van der Waals surface area (Å²) >= 11 is 1.30. The van der Waals surface area contributed by atoms with E-state index < -0.39 is 23.8 Å². The van der Waals surface area contributed by atoms with E-state index in [1.54, 1.807) is 30.3 Å². The van der Waals surface area contributed by atoms with Crippen LogP contribution < -0.4 is 10.1 Å². The lowest BCUT2D eigenvalue weighted by molar-refractivity contribution is -0.138. The van der Waals surface area contributed by atoms with Gasteiger partial charge in [0, 0.05) is 11.4 Å². The second-order valence-electron chi connectivity index (χ2n) is 9.13. The first-order valence-corrected chi connectivity index (χ1v) is 13.2. The van der Waals surface area contributed by atoms with E-state index in [2.05, 4.69) is 11.4 Å². The zero-order chi connectivity index (χ0) is 27.1. The number of aliphatic carboxylic acids is 1. The lowest BCUT2D eigenvalue weighted by atomic mass is 9.93. The molecule has 1 aliphatic carbocycles. The number of carboxylic acid groups (broad SMARTS) is 1. The van der Waals surface area contributed by atoms with Gasteiger partial charge in [-0.15, -0.1) is 11.3 Å². The summed E-state index contributed by atoms with van der Waals surface area (Å²) in [6.07, 6.45) is 2.63. The van der Waals surface area contributed by atoms with Crippen molar-refractivity contribution in [3.05, 3.63) is 87.6 Å². The summed E-state index contributed by atoms with van der Waals surface area (Å²) in [7, 11) is 0. The zero-order valence-corrected chi connectivity index (χ0v) is 21.4. The molecular formula is C29H28F3NO4S. The van der Waals surface area contributed by atoms with E-state index in [0.717, 1.165) is 48.3 Å². The van der Waals surface area contributed by atoms with Crippen LogP contribution in [0.1, 0.15) is 64.7 Å². The fraction of sp³-hybridized carbons (Fsp3) is 0.310. The third-order valence-corrected chi connectivity index (χ3v) is 7.45. The molecule has 38 heavy (non-hydrogen) atoms. The molecule has 0 saturated heterocycles. The maximum Gasteiger partial charge on any atom is 0.416 e. The summed E-state index contributed by atoms with van der Waals surface area (Å²) in [5.74, 6) is -0.708. The highest BCUT2D eigenvalue weighted by atomic mass is 32.1. The molecule has 5 nitrogen and oxygen atoms in total. The normalized spacial score (nSPS) is 14.6. The van der Waals surface area contributed by atoms with Crippen molar-refractivity contribution in [2.75, 3.05) is 6.54 Å². The van der Waals surface area contributed by atoms with Gasteiger partial charge in [0.05, 0.1) is 16.9 Å². The van der Waals surface area contributed by atoms with Crippen LogP contribution in [-0.4, -0.2) is 23.5 Å². The van der Waals surface area contributed by atoms with Gasteiger partial charge in [0.25, 0.3) is 5.91 Å². The van der Waals surface area contributed by atoms with E-state index in [-0.39, 0.29) is 18.9 Å². The van der Waals surface area contributed by atoms with E-state index in [1.807, 2.05) is 6.07 Å². The summed E-state index contributed by atoms with van der Waals surface area (Å²) in [5.41, 5.74) is 2.06. The smallest absolute Gasteiger partial charge is 0.416 e. The minimum atomic E-state index is -4.38. The molecule has 0 bridgehead atoms. The second kappa shape index (κ2) is 12.3. The molecule has 1 aromatic heterocycles. The number of halogens is 3. The molecule has 0 radical (unpaired) electrons. The first kappa shape index (κ1) is 27.4. The van der Waals surface area contributed by atoms with Gasteiger partial charge in [0.1, 0.15) is 5.75 Å². The highest BCUT2D eigenvalue weighted by Crippen LogP contribution is 2.35. The van der Waals surface area contributed by atoms with E-state index in [9.17, 15) is 22.8 Å². The second-order valence-corrected chi connectivity index (χ2v) is 10.2. The van der Waals surface area contributed by atoms with E-state index >= 15 is 0 Å². The van der Waals surface area contributed by atoms with Crippen molar-refractivity contribution in [1.82, 2.24) is 5.32 Å². The summed E-state index contributed by atoms with van der Waals surface area (Å²) in [6.45, 7) is 0.0522. The Morgan fingerprint density at radius 2 is 1.58 bits per heavy atom. The highest BCUT2D eigenvalue weighted by Gasteiger charge is 2.30. The maximum atomic E-state index is 12.9. The average molecular weight is 544 g/mol. The van der Waals surface area contributed by atoms with Gasteiger partial charge in [-0.2, -0.15) is 13.2 Å². The Hall–Kier alpha value is -3.59.